The maximum absolute atomic E-state index is 11.3. The number of thiophene rings is 1. The molecule has 0 saturated carbocycles. The minimum atomic E-state index is -0.0229. The van der Waals surface area contributed by atoms with Crippen LogP contribution in [0.3, 0.4) is 0 Å². The summed E-state index contributed by atoms with van der Waals surface area (Å²) < 4.78 is 5.67. The van der Waals surface area contributed by atoms with Gasteiger partial charge in [0.2, 0.25) is 5.91 Å². The van der Waals surface area contributed by atoms with Crippen LogP contribution in [0.25, 0.3) is 0 Å². The first-order valence-electron chi connectivity index (χ1n) is 6.47. The molecule has 0 aliphatic carbocycles. The Morgan fingerprint density at radius 2 is 2.00 bits per heavy atom. The van der Waals surface area contributed by atoms with Gasteiger partial charge in [-0.05, 0) is 40.1 Å². The van der Waals surface area contributed by atoms with Crippen molar-refractivity contribution in [3.05, 3.63) is 52.2 Å². The molecule has 5 heteroatoms. The number of hydrogen-bond acceptors (Lipinski definition) is 4. The van der Waals surface area contributed by atoms with E-state index in [1.807, 2.05) is 35.7 Å². The van der Waals surface area contributed by atoms with Crippen LogP contribution >= 0.6 is 11.3 Å². The lowest BCUT2D eigenvalue weighted by Crippen LogP contribution is -2.24. The summed E-state index contributed by atoms with van der Waals surface area (Å²) in [6.45, 7) is 1.47. The Hall–Kier alpha value is -1.85. The Morgan fingerprint density at radius 1 is 1.20 bits per heavy atom. The first kappa shape index (κ1) is 14.6. The van der Waals surface area contributed by atoms with E-state index in [-0.39, 0.29) is 5.91 Å². The minimum absolute atomic E-state index is 0.0229. The van der Waals surface area contributed by atoms with Crippen molar-refractivity contribution in [2.75, 3.05) is 6.54 Å². The van der Waals surface area contributed by atoms with Crippen LogP contribution < -0.4 is 15.8 Å². The van der Waals surface area contributed by atoms with Crippen molar-refractivity contribution in [3.8, 4) is 5.75 Å². The third kappa shape index (κ3) is 4.68. The van der Waals surface area contributed by atoms with Gasteiger partial charge >= 0.3 is 0 Å². The fourth-order valence-electron chi connectivity index (χ4n) is 1.67. The predicted octanol–water partition coefficient (Wildman–Crippen LogP) is 2.29. The van der Waals surface area contributed by atoms with Crippen molar-refractivity contribution in [2.24, 2.45) is 5.73 Å². The highest BCUT2D eigenvalue weighted by Crippen LogP contribution is 2.15. The van der Waals surface area contributed by atoms with Crippen LogP contribution in [0.5, 0.6) is 5.75 Å². The predicted molar refractivity (Wildman–Crippen MR) is 80.6 cm³/mol. The third-order valence-electron chi connectivity index (χ3n) is 2.77. The fraction of sp³-hybridized carbons (Fsp3) is 0.267. The van der Waals surface area contributed by atoms with E-state index in [1.54, 1.807) is 11.3 Å². The van der Waals surface area contributed by atoms with Crippen molar-refractivity contribution in [1.82, 2.24) is 5.32 Å². The lowest BCUT2D eigenvalue weighted by Gasteiger charge is -2.07. The van der Waals surface area contributed by atoms with E-state index in [1.165, 1.54) is 5.56 Å². The second-order valence-corrected chi connectivity index (χ2v) is 5.16. The third-order valence-corrected chi connectivity index (χ3v) is 3.50. The maximum Gasteiger partial charge on any atom is 0.221 e. The van der Waals surface area contributed by atoms with Crippen molar-refractivity contribution in [1.29, 1.82) is 0 Å². The van der Waals surface area contributed by atoms with Gasteiger partial charge in [-0.25, -0.2) is 0 Å². The van der Waals surface area contributed by atoms with Crippen molar-refractivity contribution in [3.63, 3.8) is 0 Å². The molecule has 0 aliphatic rings. The highest BCUT2D eigenvalue weighted by atomic mass is 32.1. The molecule has 106 valence electrons. The van der Waals surface area contributed by atoms with Crippen LogP contribution in [0.4, 0.5) is 0 Å². The molecule has 0 unspecified atom stereocenters. The van der Waals surface area contributed by atoms with Crippen molar-refractivity contribution >= 4 is 17.2 Å². The van der Waals surface area contributed by atoms with Gasteiger partial charge in [0.15, 0.2) is 0 Å². The van der Waals surface area contributed by atoms with E-state index in [4.69, 9.17) is 10.5 Å². The van der Waals surface area contributed by atoms with Gasteiger partial charge in [0, 0.05) is 19.5 Å². The van der Waals surface area contributed by atoms with Gasteiger partial charge < -0.3 is 15.8 Å². The summed E-state index contributed by atoms with van der Waals surface area (Å²) in [5, 5.41) is 6.92. The standard InChI is InChI=1S/C15H18N2O2S/c16-7-5-15(18)17-9-12-1-3-14(4-2-12)19-10-13-6-8-20-11-13/h1-4,6,8,11H,5,7,9-10,16H2,(H,17,18). The van der Waals surface area contributed by atoms with Crippen LogP contribution in [0.1, 0.15) is 17.5 Å². The first-order valence-corrected chi connectivity index (χ1v) is 7.42. The Morgan fingerprint density at radius 3 is 2.65 bits per heavy atom. The molecule has 20 heavy (non-hydrogen) atoms. The van der Waals surface area contributed by atoms with Crippen LogP contribution in [0.2, 0.25) is 0 Å². The molecule has 0 bridgehead atoms. The van der Waals surface area contributed by atoms with E-state index < -0.39 is 0 Å². The monoisotopic (exact) mass is 290 g/mol. The molecule has 4 nitrogen and oxygen atoms in total. The second-order valence-electron chi connectivity index (χ2n) is 4.38. The van der Waals surface area contributed by atoms with Crippen LogP contribution in [0, 0.1) is 0 Å². The molecule has 0 fully saturated rings. The average molecular weight is 290 g/mol. The number of hydrogen-bond donors (Lipinski definition) is 2. The van der Waals surface area contributed by atoms with Gasteiger partial charge in [-0.1, -0.05) is 12.1 Å². The van der Waals surface area contributed by atoms with Crippen LogP contribution in [0.15, 0.2) is 41.1 Å². The number of carbonyl (C=O) groups is 1. The molecule has 0 aliphatic heterocycles. The molecule has 0 saturated heterocycles. The Balaban J connectivity index is 1.79. The highest BCUT2D eigenvalue weighted by molar-refractivity contribution is 7.07. The van der Waals surface area contributed by atoms with Crippen LogP contribution in [-0.4, -0.2) is 12.5 Å². The summed E-state index contributed by atoms with van der Waals surface area (Å²) in [5.41, 5.74) is 7.53. The summed E-state index contributed by atoms with van der Waals surface area (Å²) in [6.07, 6.45) is 0.363. The Labute approximate surface area is 122 Å². The molecule has 0 spiro atoms. The largest absolute Gasteiger partial charge is 0.489 e. The maximum atomic E-state index is 11.3. The summed E-state index contributed by atoms with van der Waals surface area (Å²) >= 11 is 1.66. The summed E-state index contributed by atoms with van der Waals surface area (Å²) in [6, 6.07) is 9.77. The quantitative estimate of drug-likeness (QED) is 0.822. The number of benzene rings is 1. The van der Waals surface area contributed by atoms with E-state index >= 15 is 0 Å². The highest BCUT2D eigenvalue weighted by Gasteiger charge is 2.00. The molecule has 2 aromatic rings. The zero-order valence-corrected chi connectivity index (χ0v) is 12.0. The number of rotatable bonds is 7. The molecule has 1 heterocycles. The zero-order valence-electron chi connectivity index (χ0n) is 11.2. The van der Waals surface area contributed by atoms with Gasteiger partial charge in [0.1, 0.15) is 12.4 Å². The van der Waals surface area contributed by atoms with Crippen molar-refractivity contribution in [2.45, 2.75) is 19.6 Å². The van der Waals surface area contributed by atoms with Gasteiger partial charge in [-0.2, -0.15) is 11.3 Å². The molecule has 0 atom stereocenters. The molecule has 0 radical (unpaired) electrons. The SMILES string of the molecule is NCCC(=O)NCc1ccc(OCc2ccsc2)cc1. The molecular formula is C15H18N2O2S. The smallest absolute Gasteiger partial charge is 0.221 e. The molecule has 2 rings (SSSR count). The first-order chi connectivity index (χ1) is 9.78. The fourth-order valence-corrected chi connectivity index (χ4v) is 2.32. The Bertz CT molecular complexity index is 523. The topological polar surface area (TPSA) is 64.4 Å². The molecule has 1 amide bonds. The van der Waals surface area contributed by atoms with E-state index in [0.29, 0.717) is 26.1 Å². The number of ether oxygens (including phenoxy) is 1. The van der Waals surface area contributed by atoms with E-state index in [0.717, 1.165) is 11.3 Å². The normalized spacial score (nSPS) is 10.2. The molecule has 1 aromatic heterocycles. The Kier molecular flexibility index (Phi) is 5.58. The van der Waals surface area contributed by atoms with E-state index in [2.05, 4.69) is 10.7 Å². The van der Waals surface area contributed by atoms with Crippen LogP contribution in [-0.2, 0) is 17.9 Å². The van der Waals surface area contributed by atoms with Gasteiger partial charge in [0.25, 0.3) is 0 Å². The number of amides is 1. The summed E-state index contributed by atoms with van der Waals surface area (Å²) in [5.74, 6) is 0.804. The number of nitrogens with one attached hydrogen (secondary N) is 1. The zero-order chi connectivity index (χ0) is 14.2. The van der Waals surface area contributed by atoms with Crippen molar-refractivity contribution < 1.29 is 9.53 Å². The second kappa shape index (κ2) is 7.67. The minimum Gasteiger partial charge on any atom is -0.489 e. The van der Waals surface area contributed by atoms with Gasteiger partial charge in [-0.3, -0.25) is 4.79 Å². The lowest BCUT2D eigenvalue weighted by atomic mass is 10.2. The number of nitrogens with two attached hydrogens (primary N) is 1. The van der Waals surface area contributed by atoms with Gasteiger partial charge in [0.05, 0.1) is 0 Å². The molecular weight excluding hydrogens is 272 g/mol. The summed E-state index contributed by atoms with van der Waals surface area (Å²) in [4.78, 5) is 11.3. The average Bonchev–Trinajstić information content (AvgIpc) is 2.98. The van der Waals surface area contributed by atoms with E-state index in [9.17, 15) is 4.79 Å². The number of carbonyl (C=O) groups excluding carboxylic acids is 1. The molecule has 3 N–H and O–H groups in total. The van der Waals surface area contributed by atoms with Gasteiger partial charge in [-0.15, -0.1) is 0 Å². The lowest BCUT2D eigenvalue weighted by molar-refractivity contribution is -0.121. The summed E-state index contributed by atoms with van der Waals surface area (Å²) in [7, 11) is 0. The molecule has 1 aromatic carbocycles.